The van der Waals surface area contributed by atoms with Gasteiger partial charge in [-0.2, -0.15) is 0 Å². The van der Waals surface area contributed by atoms with Crippen LogP contribution in [-0.2, 0) is 9.53 Å². The summed E-state index contributed by atoms with van der Waals surface area (Å²) >= 11 is 0. The van der Waals surface area contributed by atoms with Crippen LogP contribution < -0.4 is 11.1 Å². The summed E-state index contributed by atoms with van der Waals surface area (Å²) < 4.78 is 18.1. The standard InChI is InChI=1S/C12H15FN2O3/c1-7-5-8(14)6-9(11(7)13)12(17)15-4-3-10(16)18-2/h5-6H,3-4,14H2,1-2H3,(H,15,17). The Bertz CT molecular complexity index is 475. The third kappa shape index (κ3) is 3.44. The number of nitrogens with two attached hydrogens (primary N) is 1. The summed E-state index contributed by atoms with van der Waals surface area (Å²) in [5, 5.41) is 2.42. The molecule has 1 aromatic rings. The second kappa shape index (κ2) is 6.00. The quantitative estimate of drug-likeness (QED) is 0.620. The predicted octanol–water partition coefficient (Wildman–Crippen LogP) is 1.01. The lowest BCUT2D eigenvalue weighted by Crippen LogP contribution is -2.27. The van der Waals surface area contributed by atoms with Crippen LogP contribution in [0, 0.1) is 12.7 Å². The second-order valence-electron chi connectivity index (χ2n) is 3.78. The van der Waals surface area contributed by atoms with Gasteiger partial charge in [0.15, 0.2) is 0 Å². The highest BCUT2D eigenvalue weighted by atomic mass is 19.1. The minimum absolute atomic E-state index is 0.0329. The fourth-order valence-electron chi connectivity index (χ4n) is 1.44. The molecule has 3 N–H and O–H groups in total. The van der Waals surface area contributed by atoms with Crippen LogP contribution in [0.25, 0.3) is 0 Å². The maximum atomic E-state index is 13.7. The molecule has 0 unspecified atom stereocenters. The SMILES string of the molecule is COC(=O)CCNC(=O)c1cc(N)cc(C)c1F. The number of hydrogen-bond donors (Lipinski definition) is 2. The topological polar surface area (TPSA) is 81.4 Å². The molecule has 0 saturated carbocycles. The van der Waals surface area contributed by atoms with Gasteiger partial charge in [-0.3, -0.25) is 9.59 Å². The number of benzene rings is 1. The van der Waals surface area contributed by atoms with Gasteiger partial charge >= 0.3 is 5.97 Å². The minimum atomic E-state index is -0.611. The molecule has 0 bridgehead atoms. The first-order chi connectivity index (χ1) is 8.45. The zero-order chi connectivity index (χ0) is 13.7. The molecule has 0 spiro atoms. The number of nitrogen functional groups attached to an aromatic ring is 1. The van der Waals surface area contributed by atoms with Crippen molar-refractivity contribution in [2.45, 2.75) is 13.3 Å². The zero-order valence-corrected chi connectivity index (χ0v) is 10.2. The van der Waals surface area contributed by atoms with Gasteiger partial charge in [0.25, 0.3) is 5.91 Å². The Kier molecular flexibility index (Phi) is 4.65. The van der Waals surface area contributed by atoms with E-state index in [1.807, 2.05) is 0 Å². The number of nitrogens with one attached hydrogen (secondary N) is 1. The van der Waals surface area contributed by atoms with Crippen molar-refractivity contribution in [3.8, 4) is 0 Å². The smallest absolute Gasteiger partial charge is 0.307 e. The van der Waals surface area contributed by atoms with Gasteiger partial charge in [-0.05, 0) is 24.6 Å². The molecule has 0 aromatic heterocycles. The maximum absolute atomic E-state index is 13.7. The Hall–Kier alpha value is -2.11. The Morgan fingerprint density at radius 3 is 2.72 bits per heavy atom. The van der Waals surface area contributed by atoms with E-state index in [1.54, 1.807) is 0 Å². The molecular formula is C12H15FN2O3. The molecule has 0 aliphatic carbocycles. The number of amides is 1. The Morgan fingerprint density at radius 1 is 1.44 bits per heavy atom. The lowest BCUT2D eigenvalue weighted by molar-refractivity contribution is -0.140. The minimum Gasteiger partial charge on any atom is -0.469 e. The number of halogens is 1. The molecule has 1 aromatic carbocycles. The van der Waals surface area contributed by atoms with E-state index < -0.39 is 17.7 Å². The molecule has 0 fully saturated rings. The van der Waals surface area contributed by atoms with Gasteiger partial charge in [-0.15, -0.1) is 0 Å². The number of anilines is 1. The van der Waals surface area contributed by atoms with E-state index in [1.165, 1.54) is 26.2 Å². The van der Waals surface area contributed by atoms with Crippen molar-refractivity contribution in [1.29, 1.82) is 0 Å². The van der Waals surface area contributed by atoms with E-state index in [0.717, 1.165) is 0 Å². The first-order valence-corrected chi connectivity index (χ1v) is 5.36. The fourth-order valence-corrected chi connectivity index (χ4v) is 1.44. The number of hydrogen-bond acceptors (Lipinski definition) is 4. The van der Waals surface area contributed by atoms with Crippen LogP contribution in [0.2, 0.25) is 0 Å². The van der Waals surface area contributed by atoms with Crippen molar-refractivity contribution in [2.75, 3.05) is 19.4 Å². The summed E-state index contributed by atoms with van der Waals surface area (Å²) in [5.74, 6) is -1.66. The van der Waals surface area contributed by atoms with Crippen LogP contribution in [0.3, 0.4) is 0 Å². The summed E-state index contributed by atoms with van der Waals surface area (Å²) in [7, 11) is 1.26. The molecule has 0 radical (unpaired) electrons. The number of carbonyl (C=O) groups is 2. The average Bonchev–Trinajstić information content (AvgIpc) is 2.33. The van der Waals surface area contributed by atoms with Gasteiger partial charge in [-0.25, -0.2) is 4.39 Å². The summed E-state index contributed by atoms with van der Waals surface area (Å²) in [5.41, 5.74) is 6.03. The fraction of sp³-hybridized carbons (Fsp3) is 0.333. The first-order valence-electron chi connectivity index (χ1n) is 5.36. The van der Waals surface area contributed by atoms with E-state index in [-0.39, 0.29) is 18.5 Å². The van der Waals surface area contributed by atoms with E-state index in [0.29, 0.717) is 11.3 Å². The molecule has 0 saturated heterocycles. The molecule has 98 valence electrons. The molecular weight excluding hydrogens is 239 g/mol. The van der Waals surface area contributed by atoms with Crippen molar-refractivity contribution in [3.05, 3.63) is 29.1 Å². The highest BCUT2D eigenvalue weighted by Gasteiger charge is 2.14. The Morgan fingerprint density at radius 2 is 2.11 bits per heavy atom. The second-order valence-corrected chi connectivity index (χ2v) is 3.78. The van der Waals surface area contributed by atoms with Crippen molar-refractivity contribution in [3.63, 3.8) is 0 Å². The molecule has 0 heterocycles. The normalized spacial score (nSPS) is 9.94. The van der Waals surface area contributed by atoms with Crippen LogP contribution in [0.15, 0.2) is 12.1 Å². The third-order valence-electron chi connectivity index (χ3n) is 2.36. The Balaban J connectivity index is 2.70. The number of rotatable bonds is 4. The van der Waals surface area contributed by atoms with Crippen LogP contribution in [-0.4, -0.2) is 25.5 Å². The van der Waals surface area contributed by atoms with Crippen molar-refractivity contribution in [1.82, 2.24) is 5.32 Å². The van der Waals surface area contributed by atoms with Crippen LogP contribution in [0.1, 0.15) is 22.3 Å². The third-order valence-corrected chi connectivity index (χ3v) is 2.36. The van der Waals surface area contributed by atoms with Gasteiger partial charge in [0.2, 0.25) is 0 Å². The van der Waals surface area contributed by atoms with E-state index in [4.69, 9.17) is 5.73 Å². The van der Waals surface area contributed by atoms with E-state index in [2.05, 4.69) is 10.1 Å². The number of methoxy groups -OCH3 is 1. The molecule has 6 heteroatoms. The van der Waals surface area contributed by atoms with E-state index >= 15 is 0 Å². The summed E-state index contributed by atoms with van der Waals surface area (Å²) in [6.45, 7) is 1.61. The van der Waals surface area contributed by atoms with E-state index in [9.17, 15) is 14.0 Å². The summed E-state index contributed by atoms with van der Waals surface area (Å²) in [6.07, 6.45) is 0.0329. The zero-order valence-electron chi connectivity index (χ0n) is 10.2. The van der Waals surface area contributed by atoms with Gasteiger partial charge in [0.05, 0.1) is 19.1 Å². The summed E-state index contributed by atoms with van der Waals surface area (Å²) in [4.78, 5) is 22.5. The highest BCUT2D eigenvalue weighted by Crippen LogP contribution is 2.16. The van der Waals surface area contributed by atoms with Crippen molar-refractivity contribution in [2.24, 2.45) is 0 Å². The van der Waals surface area contributed by atoms with Crippen molar-refractivity contribution >= 4 is 17.6 Å². The molecule has 5 nitrogen and oxygen atoms in total. The first kappa shape index (κ1) is 14.0. The van der Waals surface area contributed by atoms with Crippen LogP contribution in [0.5, 0.6) is 0 Å². The van der Waals surface area contributed by atoms with Crippen LogP contribution >= 0.6 is 0 Å². The maximum Gasteiger partial charge on any atom is 0.307 e. The molecule has 0 aliphatic heterocycles. The lowest BCUT2D eigenvalue weighted by atomic mass is 10.1. The van der Waals surface area contributed by atoms with Crippen LogP contribution in [0.4, 0.5) is 10.1 Å². The molecule has 1 rings (SSSR count). The molecule has 0 atom stereocenters. The number of ether oxygens (including phenoxy) is 1. The Labute approximate surface area is 104 Å². The molecule has 0 aliphatic rings. The number of carbonyl (C=O) groups excluding carboxylic acids is 2. The van der Waals surface area contributed by atoms with Gasteiger partial charge in [-0.1, -0.05) is 0 Å². The highest BCUT2D eigenvalue weighted by molar-refractivity contribution is 5.95. The average molecular weight is 254 g/mol. The molecule has 1 amide bonds. The monoisotopic (exact) mass is 254 g/mol. The van der Waals surface area contributed by atoms with Crippen molar-refractivity contribution < 1.29 is 18.7 Å². The van der Waals surface area contributed by atoms with Gasteiger partial charge < -0.3 is 15.8 Å². The van der Waals surface area contributed by atoms with Gasteiger partial charge in [0, 0.05) is 12.2 Å². The predicted molar refractivity (Wildman–Crippen MR) is 64.5 cm³/mol. The van der Waals surface area contributed by atoms with Gasteiger partial charge in [0.1, 0.15) is 5.82 Å². The molecule has 18 heavy (non-hydrogen) atoms. The lowest BCUT2D eigenvalue weighted by Gasteiger charge is -2.08. The largest absolute Gasteiger partial charge is 0.469 e. The number of aryl methyl sites for hydroxylation is 1. The summed E-state index contributed by atoms with van der Waals surface area (Å²) in [6, 6.07) is 2.70. The number of esters is 1.